The zero-order valence-electron chi connectivity index (χ0n) is 15.0. The molecular weight excluding hydrogens is 391 g/mol. The second kappa shape index (κ2) is 7.39. The lowest BCUT2D eigenvalue weighted by Crippen LogP contribution is -2.26. The van der Waals surface area contributed by atoms with E-state index >= 15 is 0 Å². The summed E-state index contributed by atoms with van der Waals surface area (Å²) in [5.74, 6) is 0.211. The lowest BCUT2D eigenvalue weighted by molar-refractivity contribution is 0.263. The van der Waals surface area contributed by atoms with Crippen LogP contribution in [0.1, 0.15) is 41.5 Å². The number of hydrogen-bond donors (Lipinski definition) is 1. The van der Waals surface area contributed by atoms with Gasteiger partial charge in [0.15, 0.2) is 0 Å². The van der Waals surface area contributed by atoms with Crippen molar-refractivity contribution in [2.75, 3.05) is 25.1 Å². The number of fused-ring (bicyclic) bond motifs is 1. The molecule has 26 heavy (non-hydrogen) atoms. The number of hydrogen-bond acceptors (Lipinski definition) is 3. The van der Waals surface area contributed by atoms with Gasteiger partial charge in [0.25, 0.3) is 0 Å². The number of nitrogens with zero attached hydrogens (tertiary/aromatic N) is 1. The smallest absolute Gasteiger partial charge is 0.229 e. The summed E-state index contributed by atoms with van der Waals surface area (Å²) in [6, 6.07) is 11.8. The summed E-state index contributed by atoms with van der Waals surface area (Å²) in [6.45, 7) is 0. The molecule has 0 heterocycles. The van der Waals surface area contributed by atoms with Crippen molar-refractivity contribution in [3.63, 3.8) is 0 Å². The van der Waals surface area contributed by atoms with Crippen molar-refractivity contribution in [2.45, 2.75) is 24.8 Å². The van der Waals surface area contributed by atoms with Gasteiger partial charge in [0.05, 0.1) is 16.3 Å². The lowest BCUT2D eigenvalue weighted by Gasteiger charge is -2.36. The highest BCUT2D eigenvalue weighted by molar-refractivity contribution is 7.92. The Labute approximate surface area is 165 Å². The Morgan fingerprint density at radius 2 is 1.73 bits per heavy atom. The van der Waals surface area contributed by atoms with E-state index in [4.69, 9.17) is 23.2 Å². The maximum absolute atomic E-state index is 11.6. The highest BCUT2D eigenvalue weighted by Crippen LogP contribution is 2.44. The average molecular weight is 413 g/mol. The molecule has 0 radical (unpaired) electrons. The van der Waals surface area contributed by atoms with Gasteiger partial charge >= 0.3 is 0 Å². The summed E-state index contributed by atoms with van der Waals surface area (Å²) >= 11 is 12.3. The van der Waals surface area contributed by atoms with Gasteiger partial charge in [0.1, 0.15) is 0 Å². The van der Waals surface area contributed by atoms with Crippen LogP contribution in [0.5, 0.6) is 0 Å². The van der Waals surface area contributed by atoms with E-state index in [1.54, 1.807) is 0 Å². The average Bonchev–Trinajstić information content (AvgIpc) is 2.54. The van der Waals surface area contributed by atoms with Crippen molar-refractivity contribution in [3.05, 3.63) is 63.1 Å². The Kier molecular flexibility index (Phi) is 5.54. The van der Waals surface area contributed by atoms with E-state index in [2.05, 4.69) is 9.62 Å². The maximum Gasteiger partial charge on any atom is 0.229 e. The number of nitrogens with one attached hydrogen (secondary N) is 1. The van der Waals surface area contributed by atoms with Gasteiger partial charge in [0.2, 0.25) is 10.0 Å². The third-order valence-corrected chi connectivity index (χ3v) is 6.17. The molecule has 0 spiro atoms. The number of anilines is 1. The van der Waals surface area contributed by atoms with Crippen molar-refractivity contribution < 1.29 is 8.42 Å². The minimum atomic E-state index is -3.31. The second-order valence-electron chi connectivity index (χ2n) is 7.00. The second-order valence-corrected chi connectivity index (χ2v) is 9.56. The number of rotatable bonds is 4. The van der Waals surface area contributed by atoms with E-state index in [9.17, 15) is 8.42 Å². The quantitative estimate of drug-likeness (QED) is 0.776. The van der Waals surface area contributed by atoms with E-state index in [0.717, 1.165) is 30.2 Å². The SMILES string of the molecule is CN(C)[C@H]1CC[C@@H](c2ccc(Cl)c(Cl)c2)c2ccc(NS(C)(=O)=O)cc21. The molecule has 4 nitrogen and oxygen atoms in total. The first-order valence-electron chi connectivity index (χ1n) is 8.38. The largest absolute Gasteiger partial charge is 0.302 e. The van der Waals surface area contributed by atoms with Gasteiger partial charge in [-0.25, -0.2) is 8.42 Å². The van der Waals surface area contributed by atoms with Crippen molar-refractivity contribution in [1.82, 2.24) is 4.90 Å². The first-order chi connectivity index (χ1) is 12.2. The Hall–Kier alpha value is -1.27. The molecule has 0 aliphatic heterocycles. The summed E-state index contributed by atoms with van der Waals surface area (Å²) < 4.78 is 25.8. The van der Waals surface area contributed by atoms with Gasteiger partial charge < -0.3 is 4.90 Å². The molecule has 1 aliphatic carbocycles. The molecule has 3 rings (SSSR count). The molecular formula is C19H22Cl2N2O2S. The summed E-state index contributed by atoms with van der Waals surface area (Å²) in [7, 11) is 0.779. The van der Waals surface area contributed by atoms with E-state index in [-0.39, 0.29) is 12.0 Å². The minimum Gasteiger partial charge on any atom is -0.302 e. The van der Waals surface area contributed by atoms with E-state index in [1.165, 1.54) is 5.56 Å². The Morgan fingerprint density at radius 1 is 1.00 bits per heavy atom. The van der Waals surface area contributed by atoms with E-state index < -0.39 is 10.0 Å². The molecule has 0 bridgehead atoms. The topological polar surface area (TPSA) is 49.4 Å². The highest BCUT2D eigenvalue weighted by atomic mass is 35.5. The van der Waals surface area contributed by atoms with Crippen LogP contribution in [-0.4, -0.2) is 33.7 Å². The molecule has 0 fully saturated rings. The molecule has 1 aliphatic rings. The van der Waals surface area contributed by atoms with Crippen LogP contribution in [0.2, 0.25) is 10.0 Å². The van der Waals surface area contributed by atoms with Crippen molar-refractivity contribution in [2.24, 2.45) is 0 Å². The van der Waals surface area contributed by atoms with Crippen LogP contribution in [-0.2, 0) is 10.0 Å². The lowest BCUT2D eigenvalue weighted by atomic mass is 9.76. The molecule has 0 aromatic heterocycles. The first kappa shape index (κ1) is 19.5. The summed E-state index contributed by atoms with van der Waals surface area (Å²) in [5, 5.41) is 1.10. The molecule has 0 saturated carbocycles. The van der Waals surface area contributed by atoms with Crippen molar-refractivity contribution in [1.29, 1.82) is 0 Å². The Balaban J connectivity index is 2.07. The van der Waals surface area contributed by atoms with Crippen molar-refractivity contribution in [3.8, 4) is 0 Å². The highest BCUT2D eigenvalue weighted by Gasteiger charge is 2.30. The van der Waals surface area contributed by atoms with Gasteiger partial charge in [-0.3, -0.25) is 4.72 Å². The summed E-state index contributed by atoms with van der Waals surface area (Å²) in [6.07, 6.45) is 3.13. The third-order valence-electron chi connectivity index (χ3n) is 4.82. The molecule has 2 aromatic carbocycles. The fourth-order valence-corrected chi connectivity index (χ4v) is 4.57. The molecule has 2 atom stereocenters. The molecule has 0 amide bonds. The van der Waals surface area contributed by atoms with E-state index in [1.807, 2.05) is 50.5 Å². The Morgan fingerprint density at radius 3 is 2.35 bits per heavy atom. The fraction of sp³-hybridized carbons (Fsp3) is 0.368. The minimum absolute atomic E-state index is 0.211. The fourth-order valence-electron chi connectivity index (χ4n) is 3.71. The zero-order chi connectivity index (χ0) is 19.1. The predicted octanol–water partition coefficient (Wildman–Crippen LogP) is 4.89. The van der Waals surface area contributed by atoms with Crippen LogP contribution >= 0.6 is 23.2 Å². The van der Waals surface area contributed by atoms with Crippen LogP contribution in [0.3, 0.4) is 0 Å². The van der Waals surface area contributed by atoms with Gasteiger partial charge in [-0.1, -0.05) is 35.3 Å². The van der Waals surface area contributed by atoms with E-state index in [0.29, 0.717) is 15.7 Å². The van der Waals surface area contributed by atoms with Gasteiger partial charge in [-0.2, -0.15) is 0 Å². The monoisotopic (exact) mass is 412 g/mol. The molecule has 140 valence electrons. The molecule has 2 aromatic rings. The van der Waals surface area contributed by atoms with Crippen LogP contribution in [0, 0.1) is 0 Å². The summed E-state index contributed by atoms with van der Waals surface area (Å²) in [4.78, 5) is 2.17. The predicted molar refractivity (Wildman–Crippen MR) is 109 cm³/mol. The van der Waals surface area contributed by atoms with Crippen LogP contribution in [0.15, 0.2) is 36.4 Å². The van der Waals surface area contributed by atoms with Crippen LogP contribution < -0.4 is 4.72 Å². The van der Waals surface area contributed by atoms with Gasteiger partial charge in [0, 0.05) is 17.6 Å². The molecule has 1 N–H and O–H groups in total. The van der Waals surface area contributed by atoms with Crippen LogP contribution in [0.25, 0.3) is 0 Å². The molecule has 0 unspecified atom stereocenters. The number of sulfonamides is 1. The summed E-state index contributed by atoms with van der Waals surface area (Å²) in [5.41, 5.74) is 4.06. The standard InChI is InChI=1S/C19H22Cl2N2O2S/c1-23(2)19-9-7-14(12-4-8-17(20)18(21)10-12)15-6-5-13(11-16(15)19)22-26(3,24)25/h4-6,8,10-11,14,19,22H,7,9H2,1-3H3/t14-,19-/m0/s1. The van der Waals surface area contributed by atoms with Crippen LogP contribution in [0.4, 0.5) is 5.69 Å². The maximum atomic E-state index is 11.6. The van der Waals surface area contributed by atoms with Crippen molar-refractivity contribution >= 4 is 38.9 Å². The number of halogens is 2. The first-order valence-corrected chi connectivity index (χ1v) is 11.0. The van der Waals surface area contributed by atoms with Gasteiger partial charge in [-0.05, 0) is 67.9 Å². The normalized spacial score (nSPS) is 20.1. The zero-order valence-corrected chi connectivity index (χ0v) is 17.3. The van der Waals surface area contributed by atoms with Gasteiger partial charge in [-0.15, -0.1) is 0 Å². The molecule has 7 heteroatoms. The molecule has 0 saturated heterocycles. The Bertz CT molecular complexity index is 929. The third kappa shape index (κ3) is 4.17. The number of benzene rings is 2.